The van der Waals surface area contributed by atoms with Crippen LogP contribution in [0.25, 0.3) is 22.4 Å². The molecule has 1 aliphatic rings. The second kappa shape index (κ2) is 7.13. The lowest BCUT2D eigenvalue weighted by Crippen LogP contribution is -2.25. The number of nitrogens with zero attached hydrogens (tertiary/aromatic N) is 4. The predicted octanol–water partition coefficient (Wildman–Crippen LogP) is 3.86. The van der Waals surface area contributed by atoms with E-state index in [0.29, 0.717) is 44.5 Å². The topological polar surface area (TPSA) is 102 Å². The summed E-state index contributed by atoms with van der Waals surface area (Å²) in [6, 6.07) is 7.89. The van der Waals surface area contributed by atoms with E-state index in [4.69, 9.17) is 16.7 Å². The van der Waals surface area contributed by atoms with E-state index in [1.54, 1.807) is 25.1 Å². The third-order valence-electron chi connectivity index (χ3n) is 5.10. The SMILES string of the molecule is Cc1noc2nc(-c3ccc(F)cc3)cc(C(=O)NCc3n[nH]c(=S)n3C3CC3)c12. The monoisotopic (exact) mass is 424 g/mol. The molecule has 0 unspecified atom stereocenters. The van der Waals surface area contributed by atoms with Gasteiger partial charge in [0.05, 0.1) is 28.9 Å². The molecule has 0 bridgehead atoms. The number of rotatable bonds is 5. The Balaban J connectivity index is 1.49. The van der Waals surface area contributed by atoms with Gasteiger partial charge in [-0.25, -0.2) is 9.37 Å². The van der Waals surface area contributed by atoms with Crippen LogP contribution in [-0.4, -0.2) is 30.8 Å². The highest BCUT2D eigenvalue weighted by Gasteiger charge is 2.27. The molecular formula is C20H17FN6O2S. The van der Waals surface area contributed by atoms with E-state index in [9.17, 15) is 9.18 Å². The Morgan fingerprint density at radius 3 is 2.87 bits per heavy atom. The minimum absolute atomic E-state index is 0.225. The Morgan fingerprint density at radius 2 is 2.13 bits per heavy atom. The van der Waals surface area contributed by atoms with Gasteiger partial charge in [-0.05, 0) is 62.3 Å². The first kappa shape index (κ1) is 18.6. The summed E-state index contributed by atoms with van der Waals surface area (Å²) in [5.74, 6) is 0.0210. The van der Waals surface area contributed by atoms with E-state index in [0.717, 1.165) is 12.8 Å². The van der Waals surface area contributed by atoms with E-state index in [1.165, 1.54) is 12.1 Å². The van der Waals surface area contributed by atoms with Crippen LogP contribution in [0.5, 0.6) is 0 Å². The number of aromatic nitrogens is 5. The molecule has 0 spiro atoms. The van der Waals surface area contributed by atoms with Crippen molar-refractivity contribution in [3.63, 3.8) is 0 Å². The number of carbonyl (C=O) groups is 1. The third-order valence-corrected chi connectivity index (χ3v) is 5.39. The van der Waals surface area contributed by atoms with E-state index in [2.05, 4.69) is 25.7 Å². The number of carbonyl (C=O) groups excluding carboxylic acids is 1. The molecule has 2 N–H and O–H groups in total. The molecule has 0 aliphatic heterocycles. The second-order valence-electron chi connectivity index (χ2n) is 7.24. The van der Waals surface area contributed by atoms with Gasteiger partial charge in [-0.3, -0.25) is 14.5 Å². The molecule has 0 saturated heterocycles. The number of halogens is 1. The second-order valence-corrected chi connectivity index (χ2v) is 7.63. The van der Waals surface area contributed by atoms with Gasteiger partial charge in [-0.1, -0.05) is 5.16 Å². The van der Waals surface area contributed by atoms with Crippen molar-refractivity contribution in [2.45, 2.75) is 32.4 Å². The number of fused-ring (bicyclic) bond motifs is 1. The summed E-state index contributed by atoms with van der Waals surface area (Å²) in [6.45, 7) is 1.97. The standard InChI is InChI=1S/C20H17FN6O2S/c1-10-17-14(18(28)22-9-16-24-25-20(30)27(16)13-6-7-13)8-15(23-19(17)29-26-10)11-2-4-12(21)5-3-11/h2-5,8,13H,6-7,9H2,1H3,(H,22,28)(H,25,30). The number of nitrogens with one attached hydrogen (secondary N) is 2. The molecule has 0 atom stereocenters. The quantitative estimate of drug-likeness (QED) is 0.472. The highest BCUT2D eigenvalue weighted by molar-refractivity contribution is 7.71. The Hall–Kier alpha value is -3.40. The number of aryl methyl sites for hydroxylation is 1. The van der Waals surface area contributed by atoms with Gasteiger partial charge in [0.25, 0.3) is 11.6 Å². The Kier molecular flexibility index (Phi) is 4.43. The number of pyridine rings is 1. The maximum atomic E-state index is 13.3. The minimum atomic E-state index is -0.350. The average molecular weight is 424 g/mol. The maximum Gasteiger partial charge on any atom is 0.259 e. The lowest BCUT2D eigenvalue weighted by Gasteiger charge is -2.09. The van der Waals surface area contributed by atoms with E-state index < -0.39 is 0 Å². The van der Waals surface area contributed by atoms with Crippen LogP contribution in [-0.2, 0) is 6.54 Å². The zero-order valence-electron chi connectivity index (χ0n) is 16.0. The van der Waals surface area contributed by atoms with Gasteiger partial charge in [0.15, 0.2) is 10.6 Å². The Morgan fingerprint density at radius 1 is 1.37 bits per heavy atom. The fraction of sp³-hybridized carbons (Fsp3) is 0.250. The molecule has 1 fully saturated rings. The summed E-state index contributed by atoms with van der Waals surface area (Å²) in [4.78, 5) is 17.5. The summed E-state index contributed by atoms with van der Waals surface area (Å²) in [5, 5.41) is 14.4. The fourth-order valence-electron chi connectivity index (χ4n) is 3.47. The molecule has 4 aromatic rings. The van der Waals surface area contributed by atoms with Crippen molar-refractivity contribution in [2.24, 2.45) is 0 Å². The van der Waals surface area contributed by atoms with Crippen LogP contribution in [0.4, 0.5) is 4.39 Å². The van der Waals surface area contributed by atoms with Gasteiger partial charge in [-0.2, -0.15) is 5.10 Å². The highest BCUT2D eigenvalue weighted by atomic mass is 32.1. The zero-order valence-corrected chi connectivity index (χ0v) is 16.8. The van der Waals surface area contributed by atoms with Crippen molar-refractivity contribution >= 4 is 29.2 Å². The van der Waals surface area contributed by atoms with Crippen LogP contribution >= 0.6 is 12.2 Å². The van der Waals surface area contributed by atoms with E-state index >= 15 is 0 Å². The molecule has 0 radical (unpaired) electrons. The number of hydrogen-bond donors (Lipinski definition) is 2. The van der Waals surface area contributed by atoms with Crippen molar-refractivity contribution in [1.82, 2.24) is 30.2 Å². The summed E-state index contributed by atoms with van der Waals surface area (Å²) >= 11 is 5.29. The molecule has 30 heavy (non-hydrogen) atoms. The maximum absolute atomic E-state index is 13.3. The lowest BCUT2D eigenvalue weighted by molar-refractivity contribution is 0.0951. The van der Waals surface area contributed by atoms with Gasteiger partial charge >= 0.3 is 0 Å². The van der Waals surface area contributed by atoms with Crippen molar-refractivity contribution in [3.05, 3.63) is 58.0 Å². The smallest absolute Gasteiger partial charge is 0.259 e. The first-order chi connectivity index (χ1) is 14.5. The van der Waals surface area contributed by atoms with E-state index in [-0.39, 0.29) is 24.0 Å². The van der Waals surface area contributed by atoms with Gasteiger partial charge in [0.1, 0.15) is 5.82 Å². The highest BCUT2D eigenvalue weighted by Crippen LogP contribution is 2.35. The van der Waals surface area contributed by atoms with E-state index in [1.807, 2.05) is 4.57 Å². The van der Waals surface area contributed by atoms with Gasteiger partial charge in [0.2, 0.25) is 0 Å². The molecule has 152 valence electrons. The van der Waals surface area contributed by atoms with Crippen LogP contribution in [0.3, 0.4) is 0 Å². The number of hydrogen-bond acceptors (Lipinski definition) is 6. The first-order valence-electron chi connectivity index (χ1n) is 9.48. The number of amides is 1. The number of aromatic amines is 1. The van der Waals surface area contributed by atoms with Crippen LogP contribution in [0.1, 0.15) is 40.8 Å². The Labute approximate surface area is 175 Å². The lowest BCUT2D eigenvalue weighted by atomic mass is 10.1. The molecule has 5 rings (SSSR count). The minimum Gasteiger partial charge on any atom is -0.345 e. The zero-order chi connectivity index (χ0) is 20.8. The number of benzene rings is 1. The fourth-order valence-corrected chi connectivity index (χ4v) is 3.77. The van der Waals surface area contributed by atoms with Crippen LogP contribution in [0.15, 0.2) is 34.9 Å². The summed E-state index contributed by atoms with van der Waals surface area (Å²) in [5.41, 5.74) is 2.35. The number of H-pyrrole nitrogens is 1. The average Bonchev–Trinajstić information content (AvgIpc) is 3.41. The Bertz CT molecular complexity index is 1320. The normalized spacial score (nSPS) is 13.7. The molecule has 10 heteroatoms. The molecule has 1 aromatic carbocycles. The van der Waals surface area contributed by atoms with Crippen molar-refractivity contribution in [1.29, 1.82) is 0 Å². The molecule has 1 amide bonds. The van der Waals surface area contributed by atoms with Gasteiger partial charge in [-0.15, -0.1) is 0 Å². The molecule has 3 heterocycles. The van der Waals surface area contributed by atoms with Crippen molar-refractivity contribution < 1.29 is 13.7 Å². The van der Waals surface area contributed by atoms with Crippen LogP contribution in [0.2, 0.25) is 0 Å². The largest absolute Gasteiger partial charge is 0.345 e. The summed E-state index contributed by atoms with van der Waals surface area (Å²) in [6.07, 6.45) is 2.11. The summed E-state index contributed by atoms with van der Waals surface area (Å²) < 4.78 is 21.1. The predicted molar refractivity (Wildman–Crippen MR) is 109 cm³/mol. The van der Waals surface area contributed by atoms with Gasteiger partial charge < -0.3 is 9.84 Å². The van der Waals surface area contributed by atoms with Crippen molar-refractivity contribution in [3.8, 4) is 11.3 Å². The van der Waals surface area contributed by atoms with Crippen molar-refractivity contribution in [2.75, 3.05) is 0 Å². The van der Waals surface area contributed by atoms with Crippen LogP contribution in [0, 0.1) is 17.5 Å². The molecule has 1 aliphatic carbocycles. The molecule has 3 aromatic heterocycles. The molecule has 1 saturated carbocycles. The molecule has 8 nitrogen and oxygen atoms in total. The third kappa shape index (κ3) is 3.28. The summed E-state index contributed by atoms with van der Waals surface area (Å²) in [7, 11) is 0. The first-order valence-corrected chi connectivity index (χ1v) is 9.89. The molecular weight excluding hydrogens is 407 g/mol. The van der Waals surface area contributed by atoms with Gasteiger partial charge in [0, 0.05) is 11.6 Å². The van der Waals surface area contributed by atoms with Crippen LogP contribution < -0.4 is 5.32 Å².